The summed E-state index contributed by atoms with van der Waals surface area (Å²) in [7, 11) is 0. The number of hydrogen-bond donors (Lipinski definition) is 0. The van der Waals surface area contributed by atoms with E-state index in [1.165, 1.54) is 77.2 Å². The highest BCUT2D eigenvalue weighted by atomic mass is 15.1. The van der Waals surface area contributed by atoms with Gasteiger partial charge in [0.05, 0.1) is 0 Å². The maximum atomic E-state index is 2.36. The van der Waals surface area contributed by atoms with Crippen molar-refractivity contribution in [3.63, 3.8) is 0 Å². The van der Waals surface area contributed by atoms with Crippen molar-refractivity contribution in [3.8, 4) is 55.6 Å². The van der Waals surface area contributed by atoms with Gasteiger partial charge in [-0.05, 0) is 120 Å². The molecular weight excluding hydrogens is 687 g/mol. The van der Waals surface area contributed by atoms with E-state index >= 15 is 0 Å². The topological polar surface area (TPSA) is 3.24 Å². The number of hydrogen-bond acceptors (Lipinski definition) is 1. The van der Waals surface area contributed by atoms with Gasteiger partial charge in [0, 0.05) is 17.1 Å². The predicted octanol–water partition coefficient (Wildman–Crippen LogP) is 15.8. The number of anilines is 3. The number of benzene rings is 10. The molecule has 0 saturated heterocycles. The van der Waals surface area contributed by atoms with Crippen LogP contribution in [0.5, 0.6) is 0 Å². The lowest BCUT2D eigenvalue weighted by atomic mass is 9.89. The summed E-state index contributed by atoms with van der Waals surface area (Å²) in [5, 5.41) is 5.07. The van der Waals surface area contributed by atoms with Crippen molar-refractivity contribution in [1.29, 1.82) is 0 Å². The molecule has 1 nitrogen and oxygen atoms in total. The summed E-state index contributed by atoms with van der Waals surface area (Å²) >= 11 is 0. The molecular formula is C56H39N. The Hall–Kier alpha value is -7.48. The maximum Gasteiger partial charge on any atom is 0.0462 e. The molecule has 0 spiro atoms. The van der Waals surface area contributed by atoms with Gasteiger partial charge in [0.2, 0.25) is 0 Å². The van der Waals surface area contributed by atoms with Crippen LogP contribution in [0.15, 0.2) is 237 Å². The Kier molecular flexibility index (Phi) is 8.95. The summed E-state index contributed by atoms with van der Waals surface area (Å²) in [6.45, 7) is 0. The van der Waals surface area contributed by atoms with Crippen LogP contribution in [0.25, 0.3) is 77.2 Å². The van der Waals surface area contributed by atoms with E-state index in [0.717, 1.165) is 17.1 Å². The molecule has 10 aromatic rings. The Morgan fingerprint density at radius 2 is 0.561 bits per heavy atom. The Bertz CT molecular complexity index is 2970. The van der Waals surface area contributed by atoms with Gasteiger partial charge in [0.15, 0.2) is 0 Å². The largest absolute Gasteiger partial charge is 0.311 e. The van der Waals surface area contributed by atoms with E-state index in [4.69, 9.17) is 0 Å². The molecule has 0 fully saturated rings. The van der Waals surface area contributed by atoms with Gasteiger partial charge in [-0.1, -0.05) is 194 Å². The fourth-order valence-electron chi connectivity index (χ4n) is 8.31. The second-order valence-corrected chi connectivity index (χ2v) is 14.5. The Labute approximate surface area is 334 Å². The van der Waals surface area contributed by atoms with E-state index in [9.17, 15) is 0 Å². The summed E-state index contributed by atoms with van der Waals surface area (Å²) in [6.07, 6.45) is 0. The van der Waals surface area contributed by atoms with Gasteiger partial charge >= 0.3 is 0 Å². The van der Waals surface area contributed by atoms with E-state index in [0.29, 0.717) is 0 Å². The Balaban J connectivity index is 1.05. The van der Waals surface area contributed by atoms with Crippen molar-refractivity contribution in [3.05, 3.63) is 237 Å². The van der Waals surface area contributed by atoms with Gasteiger partial charge in [-0.25, -0.2) is 0 Å². The van der Waals surface area contributed by atoms with Crippen LogP contribution in [0.2, 0.25) is 0 Å². The van der Waals surface area contributed by atoms with Gasteiger partial charge in [0.25, 0.3) is 0 Å². The fourth-order valence-corrected chi connectivity index (χ4v) is 8.31. The molecule has 0 atom stereocenters. The summed E-state index contributed by atoms with van der Waals surface area (Å²) in [4.78, 5) is 2.36. The summed E-state index contributed by atoms with van der Waals surface area (Å²) in [5.41, 5.74) is 15.4. The molecule has 0 N–H and O–H groups in total. The molecule has 0 unspecified atom stereocenters. The number of nitrogens with zero attached hydrogens (tertiary/aromatic N) is 1. The number of rotatable bonds is 8. The van der Waals surface area contributed by atoms with Crippen LogP contribution in [-0.4, -0.2) is 0 Å². The quantitative estimate of drug-likeness (QED) is 0.141. The van der Waals surface area contributed by atoms with Crippen LogP contribution >= 0.6 is 0 Å². The van der Waals surface area contributed by atoms with Gasteiger partial charge in [0.1, 0.15) is 0 Å². The minimum Gasteiger partial charge on any atom is -0.311 e. The standard InChI is InChI=1S/C56H39N/c1-3-15-40(16-4-1)41-27-33-46(34-28-41)57(48-37-31-44(32-38-48)56-39-45-19-7-8-22-51(45)54-25-13-14-26-55(54)56)47-35-29-43(30-36-47)50-21-10-12-24-53(50)52-23-11-9-20-49(52)42-17-5-2-6-18-42/h1-39H. The first-order valence-electron chi connectivity index (χ1n) is 19.6. The lowest BCUT2D eigenvalue weighted by molar-refractivity contribution is 1.28. The third kappa shape index (κ3) is 6.56. The maximum absolute atomic E-state index is 2.36. The van der Waals surface area contributed by atoms with Crippen molar-refractivity contribution in [1.82, 2.24) is 0 Å². The first kappa shape index (κ1) is 34.0. The second kappa shape index (κ2) is 15.0. The number of fused-ring (bicyclic) bond motifs is 3. The molecule has 0 radical (unpaired) electrons. The molecule has 0 aliphatic heterocycles. The highest BCUT2D eigenvalue weighted by Gasteiger charge is 2.17. The lowest BCUT2D eigenvalue weighted by Crippen LogP contribution is -2.09. The normalized spacial score (nSPS) is 11.2. The molecule has 10 rings (SSSR count). The minimum absolute atomic E-state index is 1.09. The average molecular weight is 726 g/mol. The monoisotopic (exact) mass is 725 g/mol. The molecule has 0 aromatic heterocycles. The van der Waals surface area contributed by atoms with E-state index in [2.05, 4.69) is 241 Å². The van der Waals surface area contributed by atoms with Crippen LogP contribution in [0.1, 0.15) is 0 Å². The Morgan fingerprint density at radius 1 is 0.211 bits per heavy atom. The van der Waals surface area contributed by atoms with Crippen molar-refractivity contribution < 1.29 is 0 Å². The van der Waals surface area contributed by atoms with Gasteiger partial charge in [-0.3, -0.25) is 0 Å². The smallest absolute Gasteiger partial charge is 0.0462 e. The third-order valence-corrected chi connectivity index (χ3v) is 11.1. The van der Waals surface area contributed by atoms with Gasteiger partial charge < -0.3 is 4.90 Å². The molecule has 0 heterocycles. The van der Waals surface area contributed by atoms with Crippen LogP contribution in [0.3, 0.4) is 0 Å². The van der Waals surface area contributed by atoms with E-state index in [-0.39, 0.29) is 0 Å². The molecule has 10 aromatic carbocycles. The zero-order valence-electron chi connectivity index (χ0n) is 31.5. The fraction of sp³-hybridized carbons (Fsp3) is 0. The van der Waals surface area contributed by atoms with Gasteiger partial charge in [-0.2, -0.15) is 0 Å². The predicted molar refractivity (Wildman–Crippen MR) is 243 cm³/mol. The zero-order valence-corrected chi connectivity index (χ0v) is 31.5. The van der Waals surface area contributed by atoms with Gasteiger partial charge in [-0.15, -0.1) is 0 Å². The summed E-state index contributed by atoms with van der Waals surface area (Å²) < 4.78 is 0. The van der Waals surface area contributed by atoms with Crippen molar-refractivity contribution in [2.45, 2.75) is 0 Å². The van der Waals surface area contributed by atoms with Crippen LogP contribution in [0.4, 0.5) is 17.1 Å². The van der Waals surface area contributed by atoms with Crippen LogP contribution in [-0.2, 0) is 0 Å². The highest BCUT2D eigenvalue weighted by molar-refractivity contribution is 6.13. The molecule has 1 heteroatoms. The Morgan fingerprint density at radius 3 is 1.11 bits per heavy atom. The average Bonchev–Trinajstić information content (AvgIpc) is 3.30. The van der Waals surface area contributed by atoms with E-state index in [1.54, 1.807) is 0 Å². The van der Waals surface area contributed by atoms with Crippen molar-refractivity contribution >= 4 is 38.6 Å². The summed E-state index contributed by atoms with van der Waals surface area (Å²) in [6, 6.07) is 85.5. The first-order chi connectivity index (χ1) is 28.3. The summed E-state index contributed by atoms with van der Waals surface area (Å²) in [5.74, 6) is 0. The molecule has 0 aliphatic rings. The molecule has 268 valence electrons. The third-order valence-electron chi connectivity index (χ3n) is 11.1. The van der Waals surface area contributed by atoms with E-state index < -0.39 is 0 Å². The van der Waals surface area contributed by atoms with Crippen LogP contribution in [0, 0.1) is 0 Å². The first-order valence-corrected chi connectivity index (χ1v) is 19.6. The molecule has 0 aliphatic carbocycles. The van der Waals surface area contributed by atoms with Crippen molar-refractivity contribution in [2.24, 2.45) is 0 Å². The lowest BCUT2D eigenvalue weighted by Gasteiger charge is -2.26. The molecule has 0 amide bonds. The minimum atomic E-state index is 1.09. The van der Waals surface area contributed by atoms with Crippen molar-refractivity contribution in [2.75, 3.05) is 4.90 Å². The SMILES string of the molecule is c1ccc(-c2ccc(N(c3ccc(-c4ccccc4-c4ccccc4-c4ccccc4)cc3)c3ccc(-c4cc5ccccc5c5ccccc45)cc3)cc2)cc1. The zero-order chi connectivity index (χ0) is 38.0. The molecule has 57 heavy (non-hydrogen) atoms. The highest BCUT2D eigenvalue weighted by Crippen LogP contribution is 2.42. The molecule has 0 bridgehead atoms. The van der Waals surface area contributed by atoms with Crippen LogP contribution < -0.4 is 4.90 Å². The second-order valence-electron chi connectivity index (χ2n) is 14.5. The molecule has 0 saturated carbocycles. The van der Waals surface area contributed by atoms with E-state index in [1.807, 2.05) is 0 Å².